The van der Waals surface area contributed by atoms with Gasteiger partial charge in [-0.25, -0.2) is 9.97 Å². The number of fused-ring (bicyclic) bond motifs is 4. The highest BCUT2D eigenvalue weighted by atomic mass is 32.2. The van der Waals surface area contributed by atoms with Gasteiger partial charge in [-0.15, -0.1) is 11.3 Å². The van der Waals surface area contributed by atoms with Gasteiger partial charge in [-0.05, 0) is 55.2 Å². The van der Waals surface area contributed by atoms with Crippen LogP contribution in [0.15, 0.2) is 23.4 Å². The highest BCUT2D eigenvalue weighted by Crippen LogP contribution is 2.41. The molecule has 0 radical (unpaired) electrons. The Morgan fingerprint density at radius 2 is 1.87 bits per heavy atom. The van der Waals surface area contributed by atoms with Crippen molar-refractivity contribution in [3.63, 3.8) is 0 Å². The van der Waals surface area contributed by atoms with Crippen molar-refractivity contribution < 1.29 is 9.47 Å². The van der Waals surface area contributed by atoms with Gasteiger partial charge in [-0.2, -0.15) is 0 Å². The number of nitrogens with zero attached hydrogens (tertiary/aromatic N) is 4. The van der Waals surface area contributed by atoms with Gasteiger partial charge in [0.25, 0.3) is 0 Å². The van der Waals surface area contributed by atoms with Crippen LogP contribution in [0.2, 0.25) is 0 Å². The van der Waals surface area contributed by atoms with Crippen LogP contribution in [0.4, 0.5) is 5.82 Å². The zero-order valence-corrected chi connectivity index (χ0v) is 19.4. The van der Waals surface area contributed by atoms with Crippen LogP contribution in [0.1, 0.15) is 28.8 Å². The van der Waals surface area contributed by atoms with Gasteiger partial charge < -0.3 is 14.4 Å². The number of hydrogen-bond donors (Lipinski definition) is 0. The quantitative estimate of drug-likeness (QED) is 0.429. The molecule has 0 spiro atoms. The van der Waals surface area contributed by atoms with E-state index in [1.165, 1.54) is 51.9 Å². The molecule has 8 heteroatoms. The molecule has 6 nitrogen and oxygen atoms in total. The van der Waals surface area contributed by atoms with E-state index in [9.17, 15) is 0 Å². The lowest BCUT2D eigenvalue weighted by Crippen LogP contribution is -2.46. The highest BCUT2D eigenvalue weighted by Gasteiger charge is 2.26. The van der Waals surface area contributed by atoms with Crippen LogP contribution in [-0.4, -0.2) is 54.1 Å². The number of rotatable bonds is 4. The van der Waals surface area contributed by atoms with Gasteiger partial charge in [0.2, 0.25) is 6.79 Å². The number of anilines is 1. The molecule has 0 unspecified atom stereocenters. The Morgan fingerprint density at radius 3 is 2.74 bits per heavy atom. The summed E-state index contributed by atoms with van der Waals surface area (Å²) in [6.07, 6.45) is 7.03. The normalized spacial score (nSPS) is 18.5. The average molecular weight is 455 g/mol. The maximum Gasteiger partial charge on any atom is 0.231 e. The topological polar surface area (TPSA) is 50.7 Å². The first-order valence-corrected chi connectivity index (χ1v) is 13.0. The van der Waals surface area contributed by atoms with Crippen LogP contribution in [0.3, 0.4) is 0 Å². The van der Waals surface area contributed by atoms with Crippen LogP contribution in [-0.2, 0) is 19.4 Å². The Morgan fingerprint density at radius 1 is 1.03 bits per heavy atom. The molecule has 4 heterocycles. The summed E-state index contributed by atoms with van der Waals surface area (Å²) in [6.45, 7) is 5.31. The highest BCUT2D eigenvalue weighted by molar-refractivity contribution is 7.98. The minimum absolute atomic E-state index is 0.329. The van der Waals surface area contributed by atoms with Crippen LogP contribution in [0.5, 0.6) is 11.5 Å². The zero-order valence-electron chi connectivity index (χ0n) is 17.7. The van der Waals surface area contributed by atoms with Gasteiger partial charge >= 0.3 is 0 Å². The second-order valence-corrected chi connectivity index (χ2v) is 10.2. The summed E-state index contributed by atoms with van der Waals surface area (Å²) >= 11 is 3.54. The summed E-state index contributed by atoms with van der Waals surface area (Å²) in [6, 6.07) is 6.29. The Labute approximate surface area is 190 Å². The van der Waals surface area contributed by atoms with E-state index < -0.39 is 0 Å². The maximum atomic E-state index is 5.54. The Bertz CT molecular complexity index is 1120. The molecule has 1 fully saturated rings. The summed E-state index contributed by atoms with van der Waals surface area (Å²) in [5.41, 5.74) is 2.80. The van der Waals surface area contributed by atoms with Gasteiger partial charge in [-0.1, -0.05) is 17.8 Å². The van der Waals surface area contributed by atoms with E-state index >= 15 is 0 Å². The fraction of sp³-hybridized carbons (Fsp3) is 0.478. The molecular weight excluding hydrogens is 428 g/mol. The van der Waals surface area contributed by atoms with Crippen molar-refractivity contribution in [2.24, 2.45) is 0 Å². The predicted octanol–water partition coefficient (Wildman–Crippen LogP) is 4.34. The molecule has 3 aliphatic rings. The lowest BCUT2D eigenvalue weighted by Gasteiger charge is -2.36. The number of thioether (sulfide) groups is 1. The predicted molar refractivity (Wildman–Crippen MR) is 126 cm³/mol. The summed E-state index contributed by atoms with van der Waals surface area (Å²) in [5, 5.41) is 2.23. The number of aryl methyl sites for hydroxylation is 2. The molecule has 0 saturated carbocycles. The molecular formula is C23H26N4O2S2. The van der Waals surface area contributed by atoms with Crippen molar-refractivity contribution in [2.75, 3.05) is 44.1 Å². The van der Waals surface area contributed by atoms with E-state index in [0.717, 1.165) is 55.2 Å². The Balaban J connectivity index is 1.22. The third-order valence-corrected chi connectivity index (χ3v) is 8.21. The van der Waals surface area contributed by atoms with Gasteiger partial charge in [0.05, 0.1) is 5.39 Å². The van der Waals surface area contributed by atoms with Crippen LogP contribution in [0.25, 0.3) is 10.2 Å². The third kappa shape index (κ3) is 3.64. The number of aromatic nitrogens is 2. The van der Waals surface area contributed by atoms with Crippen molar-refractivity contribution in [1.29, 1.82) is 0 Å². The molecule has 6 rings (SSSR count). The molecule has 162 valence electrons. The van der Waals surface area contributed by atoms with Gasteiger partial charge in [0, 0.05) is 37.6 Å². The van der Waals surface area contributed by atoms with E-state index in [-0.39, 0.29) is 0 Å². The SMILES string of the molecule is CSc1nc(N2CCN(Cc3ccc4c(c3)OCO4)CC2)c2c3c(sc2n1)CCCC3. The van der Waals surface area contributed by atoms with Crippen molar-refractivity contribution in [3.8, 4) is 11.5 Å². The molecule has 2 aromatic heterocycles. The van der Waals surface area contributed by atoms with Crippen LogP contribution < -0.4 is 14.4 Å². The smallest absolute Gasteiger partial charge is 0.231 e. The lowest BCUT2D eigenvalue weighted by atomic mass is 9.97. The fourth-order valence-electron chi connectivity index (χ4n) is 4.85. The second-order valence-electron chi connectivity index (χ2n) is 8.38. The first-order valence-electron chi connectivity index (χ1n) is 11.0. The van der Waals surface area contributed by atoms with Gasteiger partial charge in [0.1, 0.15) is 10.6 Å². The molecule has 31 heavy (non-hydrogen) atoms. The Kier molecular flexibility index (Phi) is 5.16. The standard InChI is InChI=1S/C23H26N4O2S2/c1-30-23-24-21(20-16-4-2-3-5-19(16)31-22(20)25-23)27-10-8-26(9-11-27)13-15-6-7-17-18(12-15)29-14-28-17/h6-7,12H,2-5,8-11,13-14H2,1H3. The lowest BCUT2D eigenvalue weighted by molar-refractivity contribution is 0.174. The molecule has 0 bridgehead atoms. The average Bonchev–Trinajstić information content (AvgIpc) is 3.42. The summed E-state index contributed by atoms with van der Waals surface area (Å²) in [7, 11) is 0. The summed E-state index contributed by atoms with van der Waals surface area (Å²) < 4.78 is 11.0. The van der Waals surface area contributed by atoms with Crippen molar-refractivity contribution in [1.82, 2.24) is 14.9 Å². The van der Waals surface area contributed by atoms with Crippen LogP contribution in [0, 0.1) is 0 Å². The minimum atomic E-state index is 0.329. The monoisotopic (exact) mass is 454 g/mol. The van der Waals surface area contributed by atoms with Crippen molar-refractivity contribution in [2.45, 2.75) is 37.4 Å². The minimum Gasteiger partial charge on any atom is -0.454 e. The third-order valence-electron chi connectivity index (χ3n) is 6.47. The largest absolute Gasteiger partial charge is 0.454 e. The van der Waals surface area contributed by atoms with Gasteiger partial charge in [-0.3, -0.25) is 4.90 Å². The first kappa shape index (κ1) is 19.6. The molecule has 1 aliphatic carbocycles. The molecule has 2 aliphatic heterocycles. The number of piperazine rings is 1. The molecule has 1 saturated heterocycles. The van der Waals surface area contributed by atoms with E-state index in [4.69, 9.17) is 19.4 Å². The second kappa shape index (κ2) is 8.15. The number of thiophene rings is 1. The molecule has 0 amide bonds. The zero-order chi connectivity index (χ0) is 20.8. The van der Waals surface area contributed by atoms with E-state index in [1.54, 1.807) is 11.8 Å². The van der Waals surface area contributed by atoms with Crippen LogP contribution >= 0.6 is 23.1 Å². The Hall–Kier alpha value is -2.03. The molecule has 1 aromatic carbocycles. The summed E-state index contributed by atoms with van der Waals surface area (Å²) in [4.78, 5) is 17.6. The van der Waals surface area contributed by atoms with Gasteiger partial charge in [0.15, 0.2) is 16.7 Å². The molecule has 3 aromatic rings. The molecule has 0 N–H and O–H groups in total. The number of ether oxygens (including phenoxy) is 2. The van der Waals surface area contributed by atoms with Crippen molar-refractivity contribution >= 4 is 39.1 Å². The van der Waals surface area contributed by atoms with Crippen molar-refractivity contribution in [3.05, 3.63) is 34.2 Å². The molecule has 0 atom stereocenters. The fourth-order valence-corrected chi connectivity index (χ4v) is 6.53. The number of hydrogen-bond acceptors (Lipinski definition) is 8. The summed E-state index contributed by atoms with van der Waals surface area (Å²) in [5.74, 6) is 2.88. The van der Waals surface area contributed by atoms with E-state index in [0.29, 0.717) is 6.79 Å². The first-order chi connectivity index (χ1) is 15.3. The number of benzene rings is 1. The maximum absolute atomic E-state index is 5.54. The van der Waals surface area contributed by atoms with E-state index in [1.807, 2.05) is 17.4 Å². The van der Waals surface area contributed by atoms with E-state index in [2.05, 4.69) is 28.2 Å².